The molecule has 0 unspecified atom stereocenters. The van der Waals surface area contributed by atoms with Gasteiger partial charge in [-0.3, -0.25) is 14.2 Å². The lowest BCUT2D eigenvalue weighted by Crippen LogP contribution is -2.40. The maximum atomic E-state index is 12.1. The minimum absolute atomic E-state index is 0. The number of amides is 1. The highest BCUT2D eigenvalue weighted by Crippen LogP contribution is 2.05. The van der Waals surface area contributed by atoms with Crippen LogP contribution in [-0.4, -0.2) is 64.1 Å². The summed E-state index contributed by atoms with van der Waals surface area (Å²) in [6.07, 6.45) is 4.14. The van der Waals surface area contributed by atoms with Crippen LogP contribution in [0.5, 0.6) is 0 Å². The van der Waals surface area contributed by atoms with Gasteiger partial charge in [0.25, 0.3) is 0 Å². The highest BCUT2D eigenvalue weighted by molar-refractivity contribution is 14.0. The van der Waals surface area contributed by atoms with E-state index in [1.807, 2.05) is 54.5 Å². The lowest BCUT2D eigenvalue weighted by atomic mass is 10.3. The quantitative estimate of drug-likeness (QED) is 0.226. The molecule has 2 N–H and O–H groups in total. The summed E-state index contributed by atoms with van der Waals surface area (Å²) < 4.78 is 2.01. The number of nitrogens with zero attached hydrogens (tertiary/aromatic N) is 5. The Kier molecular flexibility index (Phi) is 11.5. The van der Waals surface area contributed by atoms with E-state index in [0.717, 1.165) is 49.9 Å². The van der Waals surface area contributed by atoms with Gasteiger partial charge in [-0.05, 0) is 39.3 Å². The van der Waals surface area contributed by atoms with Gasteiger partial charge in [0.1, 0.15) is 5.82 Å². The van der Waals surface area contributed by atoms with Gasteiger partial charge >= 0.3 is 0 Å². The summed E-state index contributed by atoms with van der Waals surface area (Å²) in [6.45, 7) is 9.57. The van der Waals surface area contributed by atoms with E-state index in [0.29, 0.717) is 19.5 Å². The molecule has 8 nitrogen and oxygen atoms in total. The molecule has 0 aliphatic heterocycles. The van der Waals surface area contributed by atoms with E-state index < -0.39 is 0 Å². The number of hydrogen-bond donors (Lipinski definition) is 2. The molecule has 1 amide bonds. The molecule has 9 heteroatoms. The van der Waals surface area contributed by atoms with Gasteiger partial charge in [-0.2, -0.15) is 0 Å². The zero-order chi connectivity index (χ0) is 19.5. The van der Waals surface area contributed by atoms with Crippen molar-refractivity contribution in [1.29, 1.82) is 0 Å². The van der Waals surface area contributed by atoms with Crippen LogP contribution in [0.2, 0.25) is 0 Å². The zero-order valence-electron chi connectivity index (χ0n) is 17.0. The van der Waals surface area contributed by atoms with Crippen molar-refractivity contribution < 1.29 is 4.79 Å². The van der Waals surface area contributed by atoms with Crippen molar-refractivity contribution in [3.63, 3.8) is 0 Å². The Bertz CT molecular complexity index is 743. The highest BCUT2D eigenvalue weighted by Gasteiger charge is 2.09. The van der Waals surface area contributed by atoms with Crippen LogP contribution in [0, 0.1) is 0 Å². The Morgan fingerprint density at radius 1 is 1.18 bits per heavy atom. The van der Waals surface area contributed by atoms with Gasteiger partial charge in [-0.1, -0.05) is 6.07 Å². The van der Waals surface area contributed by atoms with Gasteiger partial charge in [0, 0.05) is 51.8 Å². The van der Waals surface area contributed by atoms with Crippen molar-refractivity contribution in [3.8, 4) is 0 Å². The van der Waals surface area contributed by atoms with Crippen molar-refractivity contribution in [2.24, 2.45) is 4.99 Å². The SMILES string of the molecule is CCNC(=NCCCc1nnc2ccccn12)NCCC(=O)N(CC)CC.I. The number of carbonyl (C=O) groups excluding carboxylic acids is 1. The largest absolute Gasteiger partial charge is 0.357 e. The number of guanidine groups is 1. The molecule has 0 aliphatic rings. The lowest BCUT2D eigenvalue weighted by Gasteiger charge is -2.19. The molecular weight excluding hydrogens is 469 g/mol. The van der Waals surface area contributed by atoms with E-state index >= 15 is 0 Å². The summed E-state index contributed by atoms with van der Waals surface area (Å²) in [5.74, 6) is 1.86. The standard InChI is InChI=1S/C19H31N7O.HI/c1-4-20-19(22-14-12-18(27)25(5-2)6-3)21-13-9-11-17-24-23-16-10-7-8-15-26(16)17;/h7-8,10,15H,4-6,9,11-14H2,1-3H3,(H2,20,21,22);1H. The number of fused-ring (bicyclic) bond motifs is 1. The number of aromatic nitrogens is 3. The van der Waals surface area contributed by atoms with Crippen LogP contribution in [0.4, 0.5) is 0 Å². The second kappa shape index (κ2) is 13.3. The number of rotatable bonds is 10. The van der Waals surface area contributed by atoms with Gasteiger partial charge in [-0.25, -0.2) is 0 Å². The van der Waals surface area contributed by atoms with Crippen molar-refractivity contribution in [1.82, 2.24) is 30.1 Å². The van der Waals surface area contributed by atoms with Gasteiger partial charge in [-0.15, -0.1) is 34.2 Å². The molecule has 0 radical (unpaired) electrons. The number of aliphatic imine (C=N–C) groups is 1. The third kappa shape index (κ3) is 7.25. The fourth-order valence-corrected chi connectivity index (χ4v) is 2.85. The summed E-state index contributed by atoms with van der Waals surface area (Å²) in [4.78, 5) is 18.5. The fourth-order valence-electron chi connectivity index (χ4n) is 2.85. The second-order valence-corrected chi connectivity index (χ2v) is 6.15. The first-order valence-electron chi connectivity index (χ1n) is 9.78. The van der Waals surface area contributed by atoms with Crippen LogP contribution in [0.15, 0.2) is 29.4 Å². The maximum Gasteiger partial charge on any atom is 0.224 e. The molecule has 0 saturated carbocycles. The molecule has 0 spiro atoms. The van der Waals surface area contributed by atoms with Crippen molar-refractivity contribution >= 4 is 41.5 Å². The molecule has 0 atom stereocenters. The summed E-state index contributed by atoms with van der Waals surface area (Å²) in [5, 5.41) is 14.9. The molecular formula is C19H32IN7O. The summed E-state index contributed by atoms with van der Waals surface area (Å²) in [5.41, 5.74) is 0.865. The topological polar surface area (TPSA) is 86.9 Å². The molecule has 2 aromatic heterocycles. The molecule has 2 rings (SSSR count). The molecule has 156 valence electrons. The molecule has 0 saturated heterocycles. The number of hydrogen-bond acceptors (Lipinski definition) is 4. The molecule has 28 heavy (non-hydrogen) atoms. The Hall–Kier alpha value is -1.91. The number of nitrogens with one attached hydrogen (secondary N) is 2. The third-order valence-corrected chi connectivity index (χ3v) is 4.30. The summed E-state index contributed by atoms with van der Waals surface area (Å²) in [7, 11) is 0. The lowest BCUT2D eigenvalue weighted by molar-refractivity contribution is -0.130. The summed E-state index contributed by atoms with van der Waals surface area (Å²) >= 11 is 0. The van der Waals surface area contributed by atoms with E-state index in [2.05, 4.69) is 25.8 Å². The molecule has 2 aromatic rings. The van der Waals surface area contributed by atoms with Crippen molar-refractivity contribution in [2.75, 3.05) is 32.7 Å². The van der Waals surface area contributed by atoms with Crippen LogP contribution in [0.3, 0.4) is 0 Å². The second-order valence-electron chi connectivity index (χ2n) is 6.15. The van der Waals surface area contributed by atoms with E-state index in [1.54, 1.807) is 0 Å². The van der Waals surface area contributed by atoms with E-state index in [-0.39, 0.29) is 29.9 Å². The average molecular weight is 501 g/mol. The first-order chi connectivity index (χ1) is 13.2. The van der Waals surface area contributed by atoms with Gasteiger partial charge in [0.05, 0.1) is 0 Å². The predicted octanol–water partition coefficient (Wildman–Crippen LogP) is 2.09. The summed E-state index contributed by atoms with van der Waals surface area (Å²) in [6, 6.07) is 5.88. The first-order valence-corrected chi connectivity index (χ1v) is 9.78. The van der Waals surface area contributed by atoms with Gasteiger partial charge in [0.2, 0.25) is 5.91 Å². The van der Waals surface area contributed by atoms with Gasteiger partial charge < -0.3 is 15.5 Å². The minimum atomic E-state index is 0. The van der Waals surface area contributed by atoms with Crippen LogP contribution in [0.25, 0.3) is 5.65 Å². The van der Waals surface area contributed by atoms with Crippen molar-refractivity contribution in [2.45, 2.75) is 40.0 Å². The molecule has 0 bridgehead atoms. The Labute approximate surface area is 184 Å². The number of carbonyl (C=O) groups is 1. The Morgan fingerprint density at radius 2 is 1.96 bits per heavy atom. The first kappa shape index (κ1) is 24.1. The maximum absolute atomic E-state index is 12.1. The molecule has 0 fully saturated rings. The van der Waals surface area contributed by atoms with Gasteiger partial charge in [0.15, 0.2) is 11.6 Å². The highest BCUT2D eigenvalue weighted by atomic mass is 127. The van der Waals surface area contributed by atoms with Crippen molar-refractivity contribution in [3.05, 3.63) is 30.2 Å². The number of halogens is 1. The average Bonchev–Trinajstić information content (AvgIpc) is 3.09. The normalized spacial score (nSPS) is 11.2. The molecule has 0 aromatic carbocycles. The third-order valence-electron chi connectivity index (χ3n) is 4.30. The van der Waals surface area contributed by atoms with Crippen LogP contribution >= 0.6 is 24.0 Å². The minimum Gasteiger partial charge on any atom is -0.357 e. The number of pyridine rings is 1. The predicted molar refractivity (Wildman–Crippen MR) is 123 cm³/mol. The van der Waals surface area contributed by atoms with E-state index in [1.165, 1.54) is 0 Å². The molecule has 0 aliphatic carbocycles. The van der Waals surface area contributed by atoms with Crippen LogP contribution < -0.4 is 10.6 Å². The smallest absolute Gasteiger partial charge is 0.224 e. The van der Waals surface area contributed by atoms with E-state index in [4.69, 9.17) is 0 Å². The number of aryl methyl sites for hydroxylation is 1. The van der Waals surface area contributed by atoms with Crippen LogP contribution in [-0.2, 0) is 11.2 Å². The van der Waals surface area contributed by atoms with E-state index in [9.17, 15) is 4.79 Å². The van der Waals surface area contributed by atoms with Crippen LogP contribution in [0.1, 0.15) is 39.4 Å². The monoisotopic (exact) mass is 501 g/mol. The fraction of sp³-hybridized carbons (Fsp3) is 0.579. The Morgan fingerprint density at radius 3 is 2.68 bits per heavy atom. The Balaban J connectivity index is 0.00000392. The molecule has 2 heterocycles. The zero-order valence-corrected chi connectivity index (χ0v) is 19.3.